The van der Waals surface area contributed by atoms with Crippen molar-refractivity contribution in [1.29, 1.82) is 0 Å². The number of hydrogen-bond donors (Lipinski definition) is 2. The predicted molar refractivity (Wildman–Crippen MR) is 77.6 cm³/mol. The first-order chi connectivity index (χ1) is 10.1. The molecule has 0 unspecified atom stereocenters. The van der Waals surface area contributed by atoms with Gasteiger partial charge in [0.2, 0.25) is 0 Å². The Hall–Kier alpha value is -2.40. The molecule has 0 spiro atoms. The first kappa shape index (κ1) is 15.0. The average molecular weight is 289 g/mol. The maximum Gasteiger partial charge on any atom is 0.262 e. The van der Waals surface area contributed by atoms with E-state index in [2.05, 4.69) is 5.32 Å². The van der Waals surface area contributed by atoms with Crippen LogP contribution in [0, 0.1) is 12.7 Å². The van der Waals surface area contributed by atoms with Crippen molar-refractivity contribution in [2.45, 2.75) is 13.5 Å². The number of aliphatic hydroxyl groups excluding tert-OH is 1. The standard InChI is InChI=1S/C16H16FNO3/c1-11-3-2-4-12(9-19)16(11)21-10-15(20)18-14-7-5-13(17)6-8-14/h2-8,19H,9-10H2,1H3,(H,18,20). The Balaban J connectivity index is 1.97. The molecule has 2 aromatic rings. The second kappa shape index (κ2) is 6.85. The quantitative estimate of drug-likeness (QED) is 0.889. The van der Waals surface area contributed by atoms with Gasteiger partial charge in [-0.2, -0.15) is 0 Å². The van der Waals surface area contributed by atoms with Crippen LogP contribution in [0.25, 0.3) is 0 Å². The Bertz CT molecular complexity index is 626. The number of ether oxygens (including phenoxy) is 1. The Morgan fingerprint density at radius 3 is 2.62 bits per heavy atom. The lowest BCUT2D eigenvalue weighted by Crippen LogP contribution is -2.20. The van der Waals surface area contributed by atoms with Crippen molar-refractivity contribution < 1.29 is 19.0 Å². The van der Waals surface area contributed by atoms with Crippen LogP contribution in [0.2, 0.25) is 0 Å². The zero-order valence-electron chi connectivity index (χ0n) is 11.6. The molecule has 1 amide bonds. The molecule has 0 aliphatic rings. The highest BCUT2D eigenvalue weighted by atomic mass is 19.1. The number of amides is 1. The summed E-state index contributed by atoms with van der Waals surface area (Å²) in [5.41, 5.74) is 1.97. The molecular weight excluding hydrogens is 273 g/mol. The maximum atomic E-state index is 12.8. The van der Waals surface area contributed by atoms with Crippen LogP contribution in [0.5, 0.6) is 5.75 Å². The molecule has 0 radical (unpaired) electrons. The minimum atomic E-state index is -0.364. The van der Waals surface area contributed by atoms with Gasteiger partial charge in [-0.25, -0.2) is 4.39 Å². The average Bonchev–Trinajstić information content (AvgIpc) is 2.48. The molecule has 2 N–H and O–H groups in total. The van der Waals surface area contributed by atoms with Gasteiger partial charge in [0.05, 0.1) is 6.61 Å². The molecule has 2 rings (SSSR count). The number of halogens is 1. The number of rotatable bonds is 5. The Morgan fingerprint density at radius 2 is 1.95 bits per heavy atom. The van der Waals surface area contributed by atoms with Gasteiger partial charge >= 0.3 is 0 Å². The third-order valence-electron chi connectivity index (χ3n) is 2.94. The van der Waals surface area contributed by atoms with Gasteiger partial charge in [0.25, 0.3) is 5.91 Å². The molecule has 2 aromatic carbocycles. The van der Waals surface area contributed by atoms with E-state index in [0.717, 1.165) is 5.56 Å². The number of aryl methyl sites for hydroxylation is 1. The molecule has 0 fully saturated rings. The topological polar surface area (TPSA) is 58.6 Å². The summed E-state index contributed by atoms with van der Waals surface area (Å²) in [4.78, 5) is 11.8. The van der Waals surface area contributed by atoms with Gasteiger partial charge in [0.1, 0.15) is 11.6 Å². The van der Waals surface area contributed by atoms with Gasteiger partial charge < -0.3 is 15.2 Å². The zero-order valence-corrected chi connectivity index (χ0v) is 11.6. The van der Waals surface area contributed by atoms with E-state index >= 15 is 0 Å². The summed E-state index contributed by atoms with van der Waals surface area (Å²) in [6.07, 6.45) is 0. The molecule has 21 heavy (non-hydrogen) atoms. The van der Waals surface area contributed by atoms with Crippen molar-refractivity contribution in [3.8, 4) is 5.75 Å². The predicted octanol–water partition coefficient (Wildman–Crippen LogP) is 2.64. The largest absolute Gasteiger partial charge is 0.483 e. The third-order valence-corrected chi connectivity index (χ3v) is 2.94. The molecule has 0 heterocycles. The van der Waals surface area contributed by atoms with E-state index in [1.54, 1.807) is 6.07 Å². The number of aliphatic hydroxyl groups is 1. The van der Waals surface area contributed by atoms with Crippen LogP contribution in [-0.2, 0) is 11.4 Å². The molecule has 0 aromatic heterocycles. The molecule has 0 aliphatic carbocycles. The molecule has 5 heteroatoms. The number of benzene rings is 2. The van der Waals surface area contributed by atoms with Crippen LogP contribution in [0.15, 0.2) is 42.5 Å². The van der Waals surface area contributed by atoms with Crippen LogP contribution < -0.4 is 10.1 Å². The fourth-order valence-electron chi connectivity index (χ4n) is 1.91. The summed E-state index contributed by atoms with van der Waals surface area (Å²) in [5.74, 6) is -0.209. The summed E-state index contributed by atoms with van der Waals surface area (Å²) in [7, 11) is 0. The van der Waals surface area contributed by atoms with Crippen molar-refractivity contribution in [3.63, 3.8) is 0 Å². The lowest BCUT2D eigenvalue weighted by Gasteiger charge is -2.12. The van der Waals surface area contributed by atoms with Crippen molar-refractivity contribution in [2.24, 2.45) is 0 Å². The highest BCUT2D eigenvalue weighted by molar-refractivity contribution is 5.91. The van der Waals surface area contributed by atoms with E-state index in [0.29, 0.717) is 17.0 Å². The van der Waals surface area contributed by atoms with Gasteiger partial charge in [-0.3, -0.25) is 4.79 Å². The number of carbonyl (C=O) groups excluding carboxylic acids is 1. The van der Waals surface area contributed by atoms with Gasteiger partial charge in [-0.15, -0.1) is 0 Å². The van der Waals surface area contributed by atoms with Gasteiger partial charge in [-0.05, 0) is 36.8 Å². The van der Waals surface area contributed by atoms with E-state index in [1.165, 1.54) is 24.3 Å². The van der Waals surface area contributed by atoms with Gasteiger partial charge in [0, 0.05) is 11.3 Å². The Kier molecular flexibility index (Phi) is 4.90. The van der Waals surface area contributed by atoms with Crippen LogP contribution in [0.4, 0.5) is 10.1 Å². The number of anilines is 1. The molecule has 0 bridgehead atoms. The molecule has 0 saturated heterocycles. The molecular formula is C16H16FNO3. The highest BCUT2D eigenvalue weighted by Crippen LogP contribution is 2.23. The zero-order chi connectivity index (χ0) is 15.2. The number of nitrogens with one attached hydrogen (secondary N) is 1. The Labute approximate surface area is 122 Å². The summed E-state index contributed by atoms with van der Waals surface area (Å²) >= 11 is 0. The molecule has 4 nitrogen and oxygen atoms in total. The first-order valence-electron chi connectivity index (χ1n) is 6.47. The summed E-state index contributed by atoms with van der Waals surface area (Å²) in [6, 6.07) is 10.9. The highest BCUT2D eigenvalue weighted by Gasteiger charge is 2.09. The second-order valence-corrected chi connectivity index (χ2v) is 4.57. The lowest BCUT2D eigenvalue weighted by molar-refractivity contribution is -0.118. The summed E-state index contributed by atoms with van der Waals surface area (Å²) in [6.45, 7) is 1.50. The Morgan fingerprint density at radius 1 is 1.24 bits per heavy atom. The minimum Gasteiger partial charge on any atom is -0.483 e. The smallest absolute Gasteiger partial charge is 0.262 e. The summed E-state index contributed by atoms with van der Waals surface area (Å²) in [5, 5.41) is 11.9. The number of hydrogen-bond acceptors (Lipinski definition) is 3. The van der Waals surface area contributed by atoms with Gasteiger partial charge in [0.15, 0.2) is 6.61 Å². The van der Waals surface area contributed by atoms with E-state index in [9.17, 15) is 14.3 Å². The third kappa shape index (κ3) is 4.03. The first-order valence-corrected chi connectivity index (χ1v) is 6.47. The van der Waals surface area contributed by atoms with E-state index in [4.69, 9.17) is 4.74 Å². The fourth-order valence-corrected chi connectivity index (χ4v) is 1.91. The lowest BCUT2D eigenvalue weighted by atomic mass is 10.1. The number of carbonyl (C=O) groups is 1. The molecule has 0 aliphatic heterocycles. The van der Waals surface area contributed by atoms with Crippen molar-refractivity contribution in [1.82, 2.24) is 0 Å². The van der Waals surface area contributed by atoms with Crippen LogP contribution in [-0.4, -0.2) is 17.6 Å². The molecule has 0 saturated carbocycles. The van der Waals surface area contributed by atoms with E-state index in [-0.39, 0.29) is 24.9 Å². The van der Waals surface area contributed by atoms with Crippen LogP contribution in [0.3, 0.4) is 0 Å². The SMILES string of the molecule is Cc1cccc(CO)c1OCC(=O)Nc1ccc(F)cc1. The van der Waals surface area contributed by atoms with Gasteiger partial charge in [-0.1, -0.05) is 18.2 Å². The van der Waals surface area contributed by atoms with Crippen molar-refractivity contribution in [3.05, 3.63) is 59.4 Å². The molecule has 0 atom stereocenters. The molecule has 110 valence electrons. The summed E-state index contributed by atoms with van der Waals surface area (Å²) < 4.78 is 18.2. The monoisotopic (exact) mass is 289 g/mol. The minimum absolute atomic E-state index is 0.156. The van der Waals surface area contributed by atoms with E-state index in [1.807, 2.05) is 19.1 Å². The van der Waals surface area contributed by atoms with Crippen LogP contribution >= 0.6 is 0 Å². The van der Waals surface area contributed by atoms with E-state index < -0.39 is 0 Å². The van der Waals surface area contributed by atoms with Crippen molar-refractivity contribution in [2.75, 3.05) is 11.9 Å². The fraction of sp³-hybridized carbons (Fsp3) is 0.188. The second-order valence-electron chi connectivity index (χ2n) is 4.57. The normalized spacial score (nSPS) is 10.2. The number of para-hydroxylation sites is 1. The van der Waals surface area contributed by atoms with Crippen LogP contribution in [0.1, 0.15) is 11.1 Å². The van der Waals surface area contributed by atoms with Crippen molar-refractivity contribution >= 4 is 11.6 Å². The maximum absolute atomic E-state index is 12.8.